The van der Waals surface area contributed by atoms with E-state index in [1.807, 2.05) is 67.6 Å². The molecule has 0 spiro atoms. The van der Waals surface area contributed by atoms with Gasteiger partial charge in [0.15, 0.2) is 0 Å². The summed E-state index contributed by atoms with van der Waals surface area (Å²) in [5.41, 5.74) is 1.77. The molecular weight excluding hydrogens is 236 g/mol. The van der Waals surface area contributed by atoms with Gasteiger partial charge in [0.05, 0.1) is 6.54 Å². The number of nitrogens with one attached hydrogen (secondary N) is 1. The molecule has 1 amide bonds. The molecule has 0 aliphatic carbocycles. The van der Waals surface area contributed by atoms with Gasteiger partial charge < -0.3 is 5.32 Å². The third kappa shape index (κ3) is 3.42. The van der Waals surface area contributed by atoms with Crippen LogP contribution in [0.3, 0.4) is 0 Å². The summed E-state index contributed by atoms with van der Waals surface area (Å²) < 4.78 is 0. The van der Waals surface area contributed by atoms with E-state index in [0.717, 1.165) is 17.9 Å². The molecule has 3 nitrogen and oxygen atoms in total. The Morgan fingerprint density at radius 2 is 1.42 bits per heavy atom. The molecule has 1 N–H and O–H groups in total. The zero-order valence-electron chi connectivity index (χ0n) is 11.0. The number of anilines is 2. The van der Waals surface area contributed by atoms with Gasteiger partial charge in [-0.25, -0.2) is 0 Å². The smallest absolute Gasteiger partial charge is 0.245 e. The average molecular weight is 254 g/mol. The van der Waals surface area contributed by atoms with Crippen LogP contribution in [-0.4, -0.2) is 19.0 Å². The fourth-order valence-electron chi connectivity index (χ4n) is 1.90. The Morgan fingerprint density at radius 1 is 0.947 bits per heavy atom. The van der Waals surface area contributed by atoms with Crippen LogP contribution in [0.2, 0.25) is 0 Å². The van der Waals surface area contributed by atoms with Crippen molar-refractivity contribution in [1.82, 2.24) is 5.32 Å². The predicted octanol–water partition coefficient (Wildman–Crippen LogP) is 2.96. The van der Waals surface area contributed by atoms with Crippen LogP contribution >= 0.6 is 0 Å². The second kappa shape index (κ2) is 6.71. The van der Waals surface area contributed by atoms with Gasteiger partial charge in [0, 0.05) is 11.4 Å². The monoisotopic (exact) mass is 254 g/mol. The molecule has 0 bridgehead atoms. The molecule has 0 fully saturated rings. The maximum atomic E-state index is 12.4. The van der Waals surface area contributed by atoms with Crippen LogP contribution in [0.1, 0.15) is 6.92 Å². The molecule has 0 aromatic heterocycles. The number of carbonyl (C=O) groups excluding carboxylic acids is 1. The fraction of sp³-hybridized carbons (Fsp3) is 0.188. The van der Waals surface area contributed by atoms with Crippen LogP contribution in [0.4, 0.5) is 11.4 Å². The maximum Gasteiger partial charge on any atom is 0.245 e. The van der Waals surface area contributed by atoms with Crippen molar-refractivity contribution in [3.05, 3.63) is 60.7 Å². The highest BCUT2D eigenvalue weighted by molar-refractivity contribution is 6.01. The molecule has 0 unspecified atom stereocenters. The largest absolute Gasteiger partial charge is 0.309 e. The number of amides is 1. The number of nitrogens with zero attached hydrogens (tertiary/aromatic N) is 1. The first-order chi connectivity index (χ1) is 9.33. The van der Waals surface area contributed by atoms with Crippen LogP contribution in [0.25, 0.3) is 0 Å². The van der Waals surface area contributed by atoms with E-state index in [-0.39, 0.29) is 5.91 Å². The van der Waals surface area contributed by atoms with Crippen molar-refractivity contribution < 1.29 is 4.79 Å². The Balaban J connectivity index is 2.31. The lowest BCUT2D eigenvalue weighted by molar-refractivity contribution is -0.117. The number of benzene rings is 2. The quantitative estimate of drug-likeness (QED) is 0.889. The van der Waals surface area contributed by atoms with Crippen molar-refractivity contribution >= 4 is 17.3 Å². The van der Waals surface area contributed by atoms with E-state index in [1.165, 1.54) is 0 Å². The van der Waals surface area contributed by atoms with Crippen LogP contribution < -0.4 is 10.2 Å². The number of likely N-dealkylation sites (N-methyl/N-ethyl adjacent to an activating group) is 1. The first-order valence-corrected chi connectivity index (χ1v) is 6.46. The standard InChI is InChI=1S/C16H18N2O/c1-2-17-13-16(19)18(14-9-5-3-6-10-14)15-11-7-4-8-12-15/h3-12,17H,2,13H2,1H3. The topological polar surface area (TPSA) is 32.3 Å². The van der Waals surface area contributed by atoms with Gasteiger partial charge in [-0.15, -0.1) is 0 Å². The summed E-state index contributed by atoms with van der Waals surface area (Å²) in [5.74, 6) is 0.0410. The van der Waals surface area contributed by atoms with E-state index >= 15 is 0 Å². The maximum absolute atomic E-state index is 12.4. The third-order valence-corrected chi connectivity index (χ3v) is 2.80. The number of hydrogen-bond acceptors (Lipinski definition) is 2. The minimum absolute atomic E-state index is 0.0410. The van der Waals surface area contributed by atoms with E-state index < -0.39 is 0 Å². The Morgan fingerprint density at radius 3 is 1.84 bits per heavy atom. The van der Waals surface area contributed by atoms with Crippen LogP contribution in [0.5, 0.6) is 0 Å². The molecule has 0 saturated carbocycles. The number of para-hydroxylation sites is 2. The van der Waals surface area contributed by atoms with Gasteiger partial charge in [-0.05, 0) is 30.8 Å². The molecule has 98 valence electrons. The number of carbonyl (C=O) groups is 1. The predicted molar refractivity (Wildman–Crippen MR) is 78.6 cm³/mol. The molecule has 0 atom stereocenters. The summed E-state index contributed by atoms with van der Waals surface area (Å²) in [7, 11) is 0. The first kappa shape index (κ1) is 13.3. The van der Waals surface area contributed by atoms with Gasteiger partial charge in [-0.1, -0.05) is 43.3 Å². The molecule has 2 rings (SSSR count). The molecule has 19 heavy (non-hydrogen) atoms. The molecule has 0 aliphatic rings. The highest BCUT2D eigenvalue weighted by Gasteiger charge is 2.16. The normalized spacial score (nSPS) is 10.2. The SMILES string of the molecule is CCNCC(=O)N(c1ccccc1)c1ccccc1. The van der Waals surface area contributed by atoms with E-state index in [2.05, 4.69) is 5.32 Å². The second-order valence-corrected chi connectivity index (χ2v) is 4.18. The Bertz CT molecular complexity index is 471. The average Bonchev–Trinajstić information content (AvgIpc) is 2.47. The third-order valence-electron chi connectivity index (χ3n) is 2.80. The van der Waals surface area contributed by atoms with Gasteiger partial charge in [0.25, 0.3) is 0 Å². The van der Waals surface area contributed by atoms with E-state index in [9.17, 15) is 4.79 Å². The highest BCUT2D eigenvalue weighted by atomic mass is 16.2. The highest BCUT2D eigenvalue weighted by Crippen LogP contribution is 2.24. The summed E-state index contributed by atoms with van der Waals surface area (Å²) in [6, 6.07) is 19.4. The molecule has 0 aliphatic heterocycles. The summed E-state index contributed by atoms with van der Waals surface area (Å²) in [6.45, 7) is 3.10. The summed E-state index contributed by atoms with van der Waals surface area (Å²) in [4.78, 5) is 14.1. The molecule has 2 aromatic carbocycles. The zero-order chi connectivity index (χ0) is 13.5. The molecule has 2 aromatic rings. The van der Waals surface area contributed by atoms with E-state index in [0.29, 0.717) is 6.54 Å². The summed E-state index contributed by atoms with van der Waals surface area (Å²) in [5, 5.41) is 3.08. The van der Waals surface area contributed by atoms with Crippen molar-refractivity contribution in [3.8, 4) is 0 Å². The van der Waals surface area contributed by atoms with Crippen LogP contribution in [0.15, 0.2) is 60.7 Å². The van der Waals surface area contributed by atoms with Gasteiger partial charge in [-0.2, -0.15) is 0 Å². The lowest BCUT2D eigenvalue weighted by Crippen LogP contribution is -2.35. The van der Waals surface area contributed by atoms with Crippen molar-refractivity contribution in [2.24, 2.45) is 0 Å². The molecule has 0 heterocycles. The van der Waals surface area contributed by atoms with Gasteiger partial charge >= 0.3 is 0 Å². The summed E-state index contributed by atoms with van der Waals surface area (Å²) in [6.07, 6.45) is 0. The zero-order valence-corrected chi connectivity index (χ0v) is 11.0. The van der Waals surface area contributed by atoms with E-state index in [1.54, 1.807) is 4.90 Å². The van der Waals surface area contributed by atoms with Gasteiger partial charge in [0.1, 0.15) is 0 Å². The Labute approximate surface area is 113 Å². The van der Waals surface area contributed by atoms with Crippen molar-refractivity contribution in [2.75, 3.05) is 18.0 Å². The van der Waals surface area contributed by atoms with Crippen molar-refractivity contribution in [2.45, 2.75) is 6.92 Å². The Kier molecular flexibility index (Phi) is 4.70. The lowest BCUT2D eigenvalue weighted by atomic mass is 10.2. The molecule has 0 radical (unpaired) electrons. The second-order valence-electron chi connectivity index (χ2n) is 4.18. The number of hydrogen-bond donors (Lipinski definition) is 1. The lowest BCUT2D eigenvalue weighted by Gasteiger charge is -2.23. The fourth-order valence-corrected chi connectivity index (χ4v) is 1.90. The molecular formula is C16H18N2O. The Hall–Kier alpha value is -2.13. The first-order valence-electron chi connectivity index (χ1n) is 6.46. The van der Waals surface area contributed by atoms with Crippen LogP contribution in [0, 0.1) is 0 Å². The summed E-state index contributed by atoms with van der Waals surface area (Å²) >= 11 is 0. The number of rotatable bonds is 5. The van der Waals surface area contributed by atoms with E-state index in [4.69, 9.17) is 0 Å². The van der Waals surface area contributed by atoms with Crippen LogP contribution in [-0.2, 0) is 4.79 Å². The minimum atomic E-state index is 0.0410. The minimum Gasteiger partial charge on any atom is -0.309 e. The van der Waals surface area contributed by atoms with Crippen molar-refractivity contribution in [1.29, 1.82) is 0 Å². The molecule has 3 heteroatoms. The van der Waals surface area contributed by atoms with Crippen molar-refractivity contribution in [3.63, 3.8) is 0 Å². The van der Waals surface area contributed by atoms with Gasteiger partial charge in [0.2, 0.25) is 5.91 Å². The molecule has 0 saturated heterocycles. The van der Waals surface area contributed by atoms with Gasteiger partial charge in [-0.3, -0.25) is 9.69 Å².